The molecule has 26 heavy (non-hydrogen) atoms. The first-order valence-corrected chi connectivity index (χ1v) is 9.07. The van der Waals surface area contributed by atoms with Gasteiger partial charge in [-0.05, 0) is 31.2 Å². The average Bonchev–Trinajstić information content (AvgIpc) is 2.60. The zero-order chi connectivity index (χ0) is 19.7. The van der Waals surface area contributed by atoms with E-state index in [2.05, 4.69) is 5.32 Å². The minimum Gasteiger partial charge on any atom is -0.345 e. The van der Waals surface area contributed by atoms with Crippen molar-refractivity contribution < 1.29 is 14.4 Å². The van der Waals surface area contributed by atoms with Crippen molar-refractivity contribution in [2.45, 2.75) is 52.1 Å². The van der Waals surface area contributed by atoms with Crippen LogP contribution < -0.4 is 16.8 Å². The fraction of sp³-hybridized carbons (Fsp3) is 0.550. The number of Topliss-reactive ketones (excluding diaryl/α,β-unsaturated/α-hetero) is 2. The molecular weight excluding hydrogens is 330 g/mol. The Morgan fingerprint density at radius 3 is 2.23 bits per heavy atom. The number of carbonyl (C=O) groups excluding carboxylic acids is 3. The first-order valence-electron chi connectivity index (χ1n) is 9.07. The number of nitrogens with one attached hydrogen (secondary N) is 1. The van der Waals surface area contributed by atoms with E-state index in [0.717, 1.165) is 5.56 Å². The van der Waals surface area contributed by atoms with E-state index in [1.807, 2.05) is 44.2 Å². The highest BCUT2D eigenvalue weighted by molar-refractivity contribution is 5.93. The second kappa shape index (κ2) is 10.8. The van der Waals surface area contributed by atoms with Gasteiger partial charge in [0.05, 0.1) is 12.1 Å². The third-order valence-corrected chi connectivity index (χ3v) is 4.36. The molecule has 1 rings (SSSR count). The van der Waals surface area contributed by atoms with Gasteiger partial charge in [0.25, 0.3) is 0 Å². The van der Waals surface area contributed by atoms with Gasteiger partial charge in [-0.3, -0.25) is 14.4 Å². The van der Waals surface area contributed by atoms with Gasteiger partial charge < -0.3 is 16.8 Å². The molecule has 0 aliphatic carbocycles. The molecule has 3 unspecified atom stereocenters. The summed E-state index contributed by atoms with van der Waals surface area (Å²) in [5.41, 5.74) is 12.0. The fourth-order valence-electron chi connectivity index (χ4n) is 2.83. The Hall–Kier alpha value is -2.05. The summed E-state index contributed by atoms with van der Waals surface area (Å²) in [6.07, 6.45) is 1.12. The van der Waals surface area contributed by atoms with E-state index >= 15 is 0 Å². The minimum absolute atomic E-state index is 0.00149. The van der Waals surface area contributed by atoms with E-state index in [-0.39, 0.29) is 30.4 Å². The molecular formula is C20H31N3O3. The third kappa shape index (κ3) is 7.45. The third-order valence-electron chi connectivity index (χ3n) is 4.36. The highest BCUT2D eigenvalue weighted by Crippen LogP contribution is 2.19. The van der Waals surface area contributed by atoms with Crippen LogP contribution in [-0.2, 0) is 20.8 Å². The van der Waals surface area contributed by atoms with E-state index in [0.29, 0.717) is 18.8 Å². The van der Waals surface area contributed by atoms with Gasteiger partial charge in [0.1, 0.15) is 5.78 Å². The molecule has 0 aromatic heterocycles. The van der Waals surface area contributed by atoms with Gasteiger partial charge in [-0.2, -0.15) is 0 Å². The molecule has 0 aliphatic rings. The van der Waals surface area contributed by atoms with Crippen LogP contribution in [0.1, 0.15) is 39.2 Å². The van der Waals surface area contributed by atoms with E-state index in [1.165, 1.54) is 6.92 Å². The molecule has 0 saturated carbocycles. The number of benzene rings is 1. The highest BCUT2D eigenvalue weighted by Gasteiger charge is 2.27. The van der Waals surface area contributed by atoms with Gasteiger partial charge in [-0.15, -0.1) is 0 Å². The number of ketones is 2. The van der Waals surface area contributed by atoms with Gasteiger partial charge in [0.2, 0.25) is 5.91 Å². The Morgan fingerprint density at radius 1 is 1.12 bits per heavy atom. The molecule has 3 atom stereocenters. The van der Waals surface area contributed by atoms with E-state index in [4.69, 9.17) is 11.5 Å². The second-order valence-electron chi connectivity index (χ2n) is 7.20. The van der Waals surface area contributed by atoms with Gasteiger partial charge in [-0.1, -0.05) is 44.2 Å². The summed E-state index contributed by atoms with van der Waals surface area (Å²) in [5.74, 6) is -0.641. The van der Waals surface area contributed by atoms with Crippen molar-refractivity contribution in [1.82, 2.24) is 5.32 Å². The van der Waals surface area contributed by atoms with Crippen LogP contribution in [0.15, 0.2) is 30.3 Å². The van der Waals surface area contributed by atoms with Crippen molar-refractivity contribution in [2.75, 3.05) is 6.54 Å². The maximum atomic E-state index is 12.9. The summed E-state index contributed by atoms with van der Waals surface area (Å²) >= 11 is 0. The maximum absolute atomic E-state index is 12.9. The summed E-state index contributed by atoms with van der Waals surface area (Å²) in [4.78, 5) is 36.9. The summed E-state index contributed by atoms with van der Waals surface area (Å²) in [5, 5.41) is 2.71. The first-order chi connectivity index (χ1) is 12.2. The van der Waals surface area contributed by atoms with Crippen molar-refractivity contribution in [3.05, 3.63) is 35.9 Å². The van der Waals surface area contributed by atoms with Crippen molar-refractivity contribution >= 4 is 17.5 Å². The van der Waals surface area contributed by atoms with Crippen molar-refractivity contribution in [2.24, 2.45) is 23.3 Å². The molecule has 0 heterocycles. The lowest BCUT2D eigenvalue weighted by molar-refractivity contribution is -0.131. The molecule has 0 radical (unpaired) electrons. The summed E-state index contributed by atoms with van der Waals surface area (Å²) in [6.45, 7) is 5.55. The molecule has 0 bridgehead atoms. The second-order valence-corrected chi connectivity index (χ2v) is 7.20. The van der Waals surface area contributed by atoms with Crippen LogP contribution in [0, 0.1) is 11.8 Å². The van der Waals surface area contributed by atoms with Crippen LogP contribution in [0.2, 0.25) is 0 Å². The van der Waals surface area contributed by atoms with Gasteiger partial charge in [-0.25, -0.2) is 0 Å². The van der Waals surface area contributed by atoms with E-state index in [1.54, 1.807) is 0 Å². The Bertz CT molecular complexity index is 602. The van der Waals surface area contributed by atoms with Crippen LogP contribution >= 0.6 is 0 Å². The average molecular weight is 361 g/mol. The van der Waals surface area contributed by atoms with E-state index in [9.17, 15) is 14.4 Å². The van der Waals surface area contributed by atoms with Gasteiger partial charge in [0, 0.05) is 18.9 Å². The van der Waals surface area contributed by atoms with Crippen LogP contribution in [0.4, 0.5) is 0 Å². The number of rotatable bonds is 11. The first kappa shape index (κ1) is 22.0. The number of hydrogen-bond donors (Lipinski definition) is 3. The Labute approximate surface area is 155 Å². The predicted octanol–water partition coefficient (Wildman–Crippen LogP) is 1.21. The lowest BCUT2D eigenvalue weighted by atomic mass is 9.87. The standard InChI is InChI=1S/C20H31N3O3/c1-13(2)9-16(14(3)24)11-19(25)18(23-20(26)17(22)12-21)10-15-7-5-4-6-8-15/h4-8,13,16-18H,9-12,21-22H2,1-3H3,(H,23,26). The zero-order valence-corrected chi connectivity index (χ0v) is 15.9. The molecule has 6 heteroatoms. The molecule has 0 aliphatic heterocycles. The molecule has 5 N–H and O–H groups in total. The lowest BCUT2D eigenvalue weighted by Crippen LogP contribution is -2.52. The van der Waals surface area contributed by atoms with Crippen LogP contribution in [0.25, 0.3) is 0 Å². The van der Waals surface area contributed by atoms with Crippen molar-refractivity contribution in [3.8, 4) is 0 Å². The minimum atomic E-state index is -0.861. The molecule has 1 amide bonds. The van der Waals surface area contributed by atoms with Crippen LogP contribution in [0.5, 0.6) is 0 Å². The fourth-order valence-corrected chi connectivity index (χ4v) is 2.83. The number of hydrogen-bond acceptors (Lipinski definition) is 5. The molecule has 0 spiro atoms. The number of carbonyl (C=O) groups is 3. The predicted molar refractivity (Wildman–Crippen MR) is 102 cm³/mol. The summed E-state index contributed by atoms with van der Waals surface area (Å²) in [6, 6.07) is 7.84. The molecule has 0 fully saturated rings. The Morgan fingerprint density at radius 2 is 1.73 bits per heavy atom. The van der Waals surface area contributed by atoms with Crippen molar-refractivity contribution in [3.63, 3.8) is 0 Å². The number of amides is 1. The molecule has 0 saturated heterocycles. The smallest absolute Gasteiger partial charge is 0.238 e. The van der Waals surface area contributed by atoms with Crippen LogP contribution in [-0.4, -0.2) is 36.1 Å². The summed E-state index contributed by atoms with van der Waals surface area (Å²) < 4.78 is 0. The maximum Gasteiger partial charge on any atom is 0.238 e. The molecule has 1 aromatic rings. The largest absolute Gasteiger partial charge is 0.345 e. The van der Waals surface area contributed by atoms with E-state index < -0.39 is 18.0 Å². The quantitative estimate of drug-likeness (QED) is 0.548. The Kier molecular flexibility index (Phi) is 9.16. The summed E-state index contributed by atoms with van der Waals surface area (Å²) in [7, 11) is 0. The van der Waals surface area contributed by atoms with Gasteiger partial charge >= 0.3 is 0 Å². The lowest BCUT2D eigenvalue weighted by Gasteiger charge is -2.22. The SMILES string of the molecule is CC(=O)C(CC(=O)C(Cc1ccccc1)NC(=O)C(N)CN)CC(C)C. The normalized spacial score (nSPS) is 14.5. The molecule has 1 aromatic carbocycles. The van der Waals surface area contributed by atoms with Crippen molar-refractivity contribution in [1.29, 1.82) is 0 Å². The van der Waals surface area contributed by atoms with Crippen LogP contribution in [0.3, 0.4) is 0 Å². The monoisotopic (exact) mass is 361 g/mol. The topological polar surface area (TPSA) is 115 Å². The molecule has 6 nitrogen and oxygen atoms in total. The van der Waals surface area contributed by atoms with Gasteiger partial charge in [0.15, 0.2) is 5.78 Å². The highest BCUT2D eigenvalue weighted by atomic mass is 16.2. The number of nitrogens with two attached hydrogens (primary N) is 2. The zero-order valence-electron chi connectivity index (χ0n) is 15.9. The molecule has 144 valence electrons. The Balaban J connectivity index is 2.92.